The van der Waals surface area contributed by atoms with E-state index in [1.165, 1.54) is 8.61 Å². The number of nitrogens with zero attached hydrogens (tertiary/aromatic N) is 3. The Morgan fingerprint density at radius 1 is 1.00 bits per heavy atom. The van der Waals surface area contributed by atoms with Crippen LogP contribution in [0.5, 0.6) is 0 Å². The highest BCUT2D eigenvalue weighted by Crippen LogP contribution is 2.19. The van der Waals surface area contributed by atoms with Crippen molar-refractivity contribution in [3.05, 3.63) is 30.3 Å². The highest BCUT2D eigenvalue weighted by atomic mass is 32.2. The Hall–Kier alpha value is -1.68. The number of ether oxygens (including phenoxy) is 1. The maximum atomic E-state index is 12.9. The molecular weight excluding hydrogens is 356 g/mol. The van der Waals surface area contributed by atoms with Gasteiger partial charge in [-0.3, -0.25) is 0 Å². The predicted molar refractivity (Wildman–Crippen MR) is 99.1 cm³/mol. The lowest BCUT2D eigenvalue weighted by molar-refractivity contribution is -0.0456. The minimum Gasteiger partial charge on any atom is -0.373 e. The van der Waals surface area contributed by atoms with Crippen LogP contribution in [0.2, 0.25) is 0 Å². The molecule has 0 saturated carbocycles. The summed E-state index contributed by atoms with van der Waals surface area (Å²) in [5.74, 6) is 0. The molecule has 2 saturated heterocycles. The van der Waals surface area contributed by atoms with Gasteiger partial charge in [-0.15, -0.1) is 0 Å². The molecule has 1 N–H and O–H groups in total. The Labute approximate surface area is 154 Å². The van der Waals surface area contributed by atoms with E-state index in [-0.39, 0.29) is 18.2 Å². The third-order valence-corrected chi connectivity index (χ3v) is 6.56. The SMILES string of the molecule is CC1CN(S(=O)(=O)N2CCN(C(=O)Nc3ccccc3)CC2)CC(C)O1. The largest absolute Gasteiger partial charge is 0.373 e. The normalized spacial score (nSPS) is 25.8. The molecular formula is C17H26N4O4S. The molecule has 8 nitrogen and oxygen atoms in total. The van der Waals surface area contributed by atoms with Crippen molar-refractivity contribution in [2.24, 2.45) is 0 Å². The number of amides is 2. The van der Waals surface area contributed by atoms with Crippen LogP contribution >= 0.6 is 0 Å². The van der Waals surface area contributed by atoms with Crippen molar-refractivity contribution in [2.75, 3.05) is 44.6 Å². The fraction of sp³-hybridized carbons (Fsp3) is 0.588. The smallest absolute Gasteiger partial charge is 0.321 e. The molecule has 2 aliphatic rings. The number of anilines is 1. The molecule has 3 rings (SSSR count). The second kappa shape index (κ2) is 7.91. The fourth-order valence-corrected chi connectivity index (χ4v) is 5.08. The van der Waals surface area contributed by atoms with Crippen LogP contribution in [0.4, 0.5) is 10.5 Å². The highest BCUT2D eigenvalue weighted by Gasteiger charge is 2.37. The second-order valence-electron chi connectivity index (χ2n) is 6.76. The number of carbonyl (C=O) groups excluding carboxylic acids is 1. The number of morpholine rings is 1. The molecule has 2 fully saturated rings. The zero-order valence-corrected chi connectivity index (χ0v) is 16.0. The quantitative estimate of drug-likeness (QED) is 0.851. The molecule has 0 bridgehead atoms. The van der Waals surface area contributed by atoms with Gasteiger partial charge < -0.3 is 15.0 Å². The maximum Gasteiger partial charge on any atom is 0.321 e. The number of carbonyl (C=O) groups is 1. The first-order chi connectivity index (χ1) is 12.4. The summed E-state index contributed by atoms with van der Waals surface area (Å²) in [5, 5.41) is 2.83. The number of benzene rings is 1. The Balaban J connectivity index is 1.56. The molecule has 2 heterocycles. The number of para-hydroxylation sites is 1. The van der Waals surface area contributed by atoms with E-state index in [1.54, 1.807) is 4.90 Å². The summed E-state index contributed by atoms with van der Waals surface area (Å²) in [5.41, 5.74) is 0.726. The molecule has 1 aromatic carbocycles. The van der Waals surface area contributed by atoms with E-state index in [0.29, 0.717) is 39.3 Å². The van der Waals surface area contributed by atoms with Crippen LogP contribution in [-0.4, -0.2) is 79.4 Å². The van der Waals surface area contributed by atoms with Gasteiger partial charge in [0.05, 0.1) is 12.2 Å². The summed E-state index contributed by atoms with van der Waals surface area (Å²) in [6.07, 6.45) is -0.238. The van der Waals surface area contributed by atoms with Gasteiger partial charge in [0.15, 0.2) is 0 Å². The van der Waals surface area contributed by atoms with Gasteiger partial charge in [0, 0.05) is 45.0 Å². The van der Waals surface area contributed by atoms with Crippen molar-refractivity contribution in [1.82, 2.24) is 13.5 Å². The van der Waals surface area contributed by atoms with Crippen LogP contribution in [0.3, 0.4) is 0 Å². The zero-order chi connectivity index (χ0) is 18.7. The summed E-state index contributed by atoms with van der Waals surface area (Å²) in [6, 6.07) is 9.02. The monoisotopic (exact) mass is 382 g/mol. The van der Waals surface area contributed by atoms with E-state index < -0.39 is 10.2 Å². The molecule has 0 radical (unpaired) electrons. The van der Waals surface area contributed by atoms with Crippen molar-refractivity contribution < 1.29 is 17.9 Å². The number of nitrogens with one attached hydrogen (secondary N) is 1. The molecule has 1 aromatic rings. The van der Waals surface area contributed by atoms with E-state index in [2.05, 4.69) is 5.32 Å². The second-order valence-corrected chi connectivity index (χ2v) is 8.69. The molecule has 0 aliphatic carbocycles. The third-order valence-electron chi connectivity index (χ3n) is 4.59. The van der Waals surface area contributed by atoms with Crippen molar-refractivity contribution >= 4 is 21.9 Å². The van der Waals surface area contributed by atoms with Crippen molar-refractivity contribution in [3.63, 3.8) is 0 Å². The summed E-state index contributed by atoms with van der Waals surface area (Å²) >= 11 is 0. The lowest BCUT2D eigenvalue weighted by Gasteiger charge is -2.40. The lowest BCUT2D eigenvalue weighted by Crippen LogP contribution is -2.58. The minimum atomic E-state index is -3.53. The molecule has 2 aliphatic heterocycles. The first kappa shape index (κ1) is 19.1. The molecule has 2 atom stereocenters. The van der Waals surface area contributed by atoms with E-state index in [1.807, 2.05) is 44.2 Å². The molecule has 0 aromatic heterocycles. The van der Waals surface area contributed by atoms with Gasteiger partial charge in [0.25, 0.3) is 10.2 Å². The third kappa shape index (κ3) is 4.35. The van der Waals surface area contributed by atoms with Gasteiger partial charge in [0.1, 0.15) is 0 Å². The van der Waals surface area contributed by atoms with Crippen LogP contribution in [0, 0.1) is 0 Å². The maximum absolute atomic E-state index is 12.9. The number of hydrogen-bond acceptors (Lipinski definition) is 4. The lowest BCUT2D eigenvalue weighted by atomic mass is 10.3. The van der Waals surface area contributed by atoms with Crippen LogP contribution in [0.25, 0.3) is 0 Å². The molecule has 9 heteroatoms. The van der Waals surface area contributed by atoms with Crippen LogP contribution < -0.4 is 5.32 Å². The Kier molecular flexibility index (Phi) is 5.81. The average molecular weight is 382 g/mol. The van der Waals surface area contributed by atoms with Gasteiger partial charge in [0.2, 0.25) is 0 Å². The minimum absolute atomic E-state index is 0.119. The van der Waals surface area contributed by atoms with E-state index in [9.17, 15) is 13.2 Å². The molecule has 26 heavy (non-hydrogen) atoms. The number of hydrogen-bond donors (Lipinski definition) is 1. The number of rotatable bonds is 3. The van der Waals surface area contributed by atoms with Crippen LogP contribution in [0.15, 0.2) is 30.3 Å². The van der Waals surface area contributed by atoms with Crippen molar-refractivity contribution in [2.45, 2.75) is 26.1 Å². The van der Waals surface area contributed by atoms with E-state index in [4.69, 9.17) is 4.74 Å². The van der Waals surface area contributed by atoms with Crippen molar-refractivity contribution in [3.8, 4) is 0 Å². The van der Waals surface area contributed by atoms with Gasteiger partial charge >= 0.3 is 6.03 Å². The Bertz CT molecular complexity index is 710. The average Bonchev–Trinajstić information content (AvgIpc) is 2.62. The topological polar surface area (TPSA) is 82.2 Å². The van der Waals surface area contributed by atoms with Crippen LogP contribution in [0.1, 0.15) is 13.8 Å². The van der Waals surface area contributed by atoms with Gasteiger partial charge in [-0.05, 0) is 26.0 Å². The van der Waals surface area contributed by atoms with E-state index >= 15 is 0 Å². The molecule has 2 unspecified atom stereocenters. The number of urea groups is 1. The van der Waals surface area contributed by atoms with Gasteiger partial charge in [-0.2, -0.15) is 17.0 Å². The van der Waals surface area contributed by atoms with E-state index in [0.717, 1.165) is 5.69 Å². The fourth-order valence-electron chi connectivity index (χ4n) is 3.33. The van der Waals surface area contributed by atoms with Crippen LogP contribution in [-0.2, 0) is 14.9 Å². The van der Waals surface area contributed by atoms with Crippen molar-refractivity contribution in [1.29, 1.82) is 0 Å². The summed E-state index contributed by atoms with van der Waals surface area (Å²) in [7, 11) is -3.53. The molecule has 0 spiro atoms. The van der Waals surface area contributed by atoms with Gasteiger partial charge in [-0.25, -0.2) is 4.79 Å². The first-order valence-electron chi connectivity index (χ1n) is 8.88. The summed E-state index contributed by atoms with van der Waals surface area (Å²) in [6.45, 7) is 5.81. The summed E-state index contributed by atoms with van der Waals surface area (Å²) in [4.78, 5) is 14.0. The Morgan fingerprint density at radius 3 is 2.15 bits per heavy atom. The standard InChI is InChI=1S/C17H26N4O4S/c1-14-12-21(13-15(2)25-14)26(23,24)20-10-8-19(9-11-20)17(22)18-16-6-4-3-5-7-16/h3-7,14-15H,8-13H2,1-2H3,(H,18,22). The highest BCUT2D eigenvalue weighted by molar-refractivity contribution is 7.86. The first-order valence-corrected chi connectivity index (χ1v) is 10.3. The zero-order valence-electron chi connectivity index (χ0n) is 15.2. The van der Waals surface area contributed by atoms with Gasteiger partial charge in [-0.1, -0.05) is 18.2 Å². The molecule has 2 amide bonds. The summed E-state index contributed by atoms with van der Waals surface area (Å²) < 4.78 is 34.3. The predicted octanol–water partition coefficient (Wildman–Crippen LogP) is 1.19. The Morgan fingerprint density at radius 2 is 1.58 bits per heavy atom. The number of piperazine rings is 1. The molecule has 144 valence electrons.